The van der Waals surface area contributed by atoms with Crippen molar-refractivity contribution in [3.63, 3.8) is 0 Å². The van der Waals surface area contributed by atoms with Crippen molar-refractivity contribution in [1.82, 2.24) is 0 Å². The first-order valence-corrected chi connectivity index (χ1v) is 8.85. The number of rotatable bonds is 4. The maximum Gasteiger partial charge on any atom is 0.316 e. The van der Waals surface area contributed by atoms with Crippen LogP contribution in [0.2, 0.25) is 0 Å². The van der Waals surface area contributed by atoms with E-state index in [1.165, 1.54) is 0 Å². The summed E-state index contributed by atoms with van der Waals surface area (Å²) in [6.07, 6.45) is 3.49. The van der Waals surface area contributed by atoms with Crippen LogP contribution in [0.3, 0.4) is 0 Å². The van der Waals surface area contributed by atoms with Crippen LogP contribution in [-0.4, -0.2) is 66.7 Å². The van der Waals surface area contributed by atoms with E-state index in [2.05, 4.69) is 14.1 Å². The van der Waals surface area contributed by atoms with E-state index in [-0.39, 0.29) is 18.7 Å². The van der Waals surface area contributed by atoms with Gasteiger partial charge in [0.05, 0.1) is 32.8 Å². The summed E-state index contributed by atoms with van der Waals surface area (Å²) in [5.74, 6) is -0.910. The lowest BCUT2D eigenvalue weighted by atomic mass is 9.81. The summed E-state index contributed by atoms with van der Waals surface area (Å²) in [5, 5.41) is 9.65. The van der Waals surface area contributed by atoms with Gasteiger partial charge in [-0.25, -0.2) is 0 Å². The number of epoxide rings is 1. The highest BCUT2D eigenvalue weighted by Crippen LogP contribution is 2.48. The Labute approximate surface area is 142 Å². The number of hydrogen-bond acceptors (Lipinski definition) is 4. The van der Waals surface area contributed by atoms with E-state index in [0.29, 0.717) is 24.3 Å². The highest BCUT2D eigenvalue weighted by Gasteiger charge is 2.63. The van der Waals surface area contributed by atoms with Gasteiger partial charge in [-0.3, -0.25) is 4.79 Å². The third-order valence-corrected chi connectivity index (χ3v) is 6.29. The number of aliphatic hydroxyl groups is 1. The number of fused-ring (bicyclic) bond motifs is 4. The lowest BCUT2D eigenvalue weighted by molar-refractivity contribution is -0.948. The lowest BCUT2D eigenvalue weighted by Crippen LogP contribution is -2.66. The number of esters is 1. The number of carbonyl (C=O) groups excluding carboxylic acids is 1. The van der Waals surface area contributed by atoms with Crippen LogP contribution in [0, 0.1) is 0 Å². The number of benzene rings is 1. The Morgan fingerprint density at radius 1 is 1.29 bits per heavy atom. The predicted molar refractivity (Wildman–Crippen MR) is 88.3 cm³/mol. The van der Waals surface area contributed by atoms with Gasteiger partial charge in [0.1, 0.15) is 24.2 Å². The second kappa shape index (κ2) is 5.83. The summed E-state index contributed by atoms with van der Waals surface area (Å²) in [7, 11) is 4.54. The Morgan fingerprint density at radius 2 is 2.04 bits per heavy atom. The molecule has 0 amide bonds. The summed E-state index contributed by atoms with van der Waals surface area (Å²) >= 11 is 0. The van der Waals surface area contributed by atoms with Crippen molar-refractivity contribution in [2.24, 2.45) is 0 Å². The monoisotopic (exact) mass is 332 g/mol. The van der Waals surface area contributed by atoms with Crippen molar-refractivity contribution < 1.29 is 23.9 Å². The Bertz CT molecular complexity index is 617. The van der Waals surface area contributed by atoms with E-state index in [1.807, 2.05) is 30.3 Å². The molecule has 1 N–H and O–H groups in total. The second-order valence-corrected chi connectivity index (χ2v) is 7.90. The molecule has 3 fully saturated rings. The second-order valence-electron chi connectivity index (χ2n) is 7.90. The molecule has 3 heterocycles. The van der Waals surface area contributed by atoms with E-state index in [9.17, 15) is 9.90 Å². The fourth-order valence-corrected chi connectivity index (χ4v) is 4.66. The number of quaternary nitrogens is 1. The van der Waals surface area contributed by atoms with Crippen LogP contribution in [0.15, 0.2) is 30.3 Å². The Kier molecular flexibility index (Phi) is 3.90. The molecule has 3 aliphatic rings. The van der Waals surface area contributed by atoms with Crippen LogP contribution in [-0.2, 0) is 14.3 Å². The quantitative estimate of drug-likeness (QED) is 0.515. The predicted octanol–water partition coefficient (Wildman–Crippen LogP) is 1.45. The highest BCUT2D eigenvalue weighted by atomic mass is 16.6. The Hall–Kier alpha value is -1.43. The number of hydrogen-bond donors (Lipinski definition) is 1. The van der Waals surface area contributed by atoms with Gasteiger partial charge in [-0.2, -0.15) is 0 Å². The molecular weight excluding hydrogens is 306 g/mol. The van der Waals surface area contributed by atoms with Crippen molar-refractivity contribution in [1.29, 1.82) is 0 Å². The molecule has 4 rings (SSSR count). The summed E-state index contributed by atoms with van der Waals surface area (Å²) in [6, 6.07) is 10.3. The van der Waals surface area contributed by atoms with E-state index >= 15 is 0 Å². The standard InChI is InChI=1S/C19H26NO4/c1-20(2)13-8-14(10-16(20)18-17(9-13)24-18)23-19(22)15(11-21)12-6-4-3-5-7-12/h3-7,13-18,21H,8-11H2,1-2H3/q+1. The number of carbonyl (C=O) groups is 1. The number of likely N-dealkylation sites (N-methyl/N-ethyl adjacent to an activating group) is 1. The summed E-state index contributed by atoms with van der Waals surface area (Å²) in [4.78, 5) is 12.6. The van der Waals surface area contributed by atoms with E-state index in [0.717, 1.165) is 29.3 Å². The fraction of sp³-hybridized carbons (Fsp3) is 0.632. The molecule has 6 unspecified atom stereocenters. The van der Waals surface area contributed by atoms with E-state index < -0.39 is 5.92 Å². The smallest absolute Gasteiger partial charge is 0.316 e. The molecule has 0 radical (unpaired) electrons. The SMILES string of the molecule is C[N+]1(C)C2CC(OC(=O)C(CO)c3ccccc3)CC1C1OC1C2. The van der Waals surface area contributed by atoms with Gasteiger partial charge in [0, 0.05) is 19.3 Å². The number of ether oxygens (including phenoxy) is 2. The van der Waals surface area contributed by atoms with Crippen LogP contribution < -0.4 is 0 Å². The minimum atomic E-state index is -0.597. The molecule has 1 aromatic carbocycles. The Balaban J connectivity index is 1.45. The van der Waals surface area contributed by atoms with Gasteiger partial charge < -0.3 is 19.1 Å². The molecule has 2 bridgehead atoms. The van der Waals surface area contributed by atoms with Gasteiger partial charge in [-0.05, 0) is 5.56 Å². The molecule has 0 aliphatic carbocycles. The van der Waals surface area contributed by atoms with Crippen molar-refractivity contribution in [2.45, 2.75) is 55.6 Å². The summed E-state index contributed by atoms with van der Waals surface area (Å²) in [6.45, 7) is -0.224. The zero-order chi connectivity index (χ0) is 16.9. The number of aliphatic hydroxyl groups excluding tert-OH is 1. The van der Waals surface area contributed by atoms with Crippen molar-refractivity contribution in [3.05, 3.63) is 35.9 Å². The molecule has 1 aromatic rings. The van der Waals surface area contributed by atoms with Crippen LogP contribution in [0.1, 0.15) is 30.7 Å². The molecule has 0 aromatic heterocycles. The van der Waals surface area contributed by atoms with Crippen LogP contribution in [0.25, 0.3) is 0 Å². The number of nitrogens with zero attached hydrogens (tertiary/aromatic N) is 1. The Morgan fingerprint density at radius 3 is 2.75 bits per heavy atom. The van der Waals surface area contributed by atoms with Gasteiger partial charge in [-0.1, -0.05) is 30.3 Å². The van der Waals surface area contributed by atoms with Crippen LogP contribution in [0.5, 0.6) is 0 Å². The molecule has 5 heteroatoms. The molecule has 3 saturated heterocycles. The first-order chi connectivity index (χ1) is 11.5. The zero-order valence-electron chi connectivity index (χ0n) is 14.3. The number of piperidine rings is 2. The van der Waals surface area contributed by atoms with E-state index in [4.69, 9.17) is 9.47 Å². The van der Waals surface area contributed by atoms with Gasteiger partial charge in [-0.15, -0.1) is 0 Å². The van der Waals surface area contributed by atoms with Crippen LogP contribution >= 0.6 is 0 Å². The van der Waals surface area contributed by atoms with Crippen molar-refractivity contribution in [2.75, 3.05) is 20.7 Å². The highest BCUT2D eigenvalue weighted by molar-refractivity contribution is 5.78. The molecule has 0 saturated carbocycles. The minimum absolute atomic E-state index is 0.0680. The van der Waals surface area contributed by atoms with Gasteiger partial charge in [0.25, 0.3) is 0 Å². The first kappa shape index (κ1) is 16.1. The molecule has 3 aliphatic heterocycles. The normalized spacial score (nSPS) is 37.2. The molecule has 5 nitrogen and oxygen atoms in total. The third-order valence-electron chi connectivity index (χ3n) is 6.29. The molecule has 6 atom stereocenters. The lowest BCUT2D eigenvalue weighted by Gasteiger charge is -2.51. The largest absolute Gasteiger partial charge is 0.461 e. The van der Waals surface area contributed by atoms with Gasteiger partial charge in [0.2, 0.25) is 0 Å². The average molecular weight is 332 g/mol. The average Bonchev–Trinajstić information content (AvgIpc) is 3.29. The summed E-state index contributed by atoms with van der Waals surface area (Å²) < 4.78 is 12.6. The molecule has 130 valence electrons. The zero-order valence-corrected chi connectivity index (χ0v) is 14.3. The minimum Gasteiger partial charge on any atom is -0.461 e. The molecule has 24 heavy (non-hydrogen) atoms. The maximum atomic E-state index is 12.6. The van der Waals surface area contributed by atoms with Crippen molar-refractivity contribution >= 4 is 5.97 Å². The maximum absolute atomic E-state index is 12.6. The molecule has 0 spiro atoms. The van der Waals surface area contributed by atoms with Gasteiger partial charge >= 0.3 is 5.97 Å². The topological polar surface area (TPSA) is 59.1 Å². The van der Waals surface area contributed by atoms with Crippen molar-refractivity contribution in [3.8, 4) is 0 Å². The summed E-state index contributed by atoms with van der Waals surface area (Å²) in [5.41, 5.74) is 0.808. The molecular formula is C19H26NO4+. The van der Waals surface area contributed by atoms with E-state index in [1.54, 1.807) is 0 Å². The van der Waals surface area contributed by atoms with Gasteiger partial charge in [0.15, 0.2) is 0 Å². The first-order valence-electron chi connectivity index (χ1n) is 8.85. The fourth-order valence-electron chi connectivity index (χ4n) is 4.66. The third kappa shape index (κ3) is 2.65. The van der Waals surface area contributed by atoms with Crippen LogP contribution in [0.4, 0.5) is 0 Å².